The standard InChI is InChI=1S/C17H23N4O16P3/c1-8(9-4-2-3-5-10(9)21(25)26)14(35-39(30,31)37-40(32,33)36-38(27,28)29)15-12(22)13(23)16(34-15)20-7-6-11(18)19-17(20)24/h2-8,12-16,22-23H,1H3,(H,30,31)(H,32,33)(H2,18,19,24)(H2,27,28,29)/p-1. The lowest BCUT2D eigenvalue weighted by Crippen LogP contribution is -2.42. The molecule has 2 aromatic rings. The fraction of sp³-hybridized carbons (Fsp3) is 0.412. The lowest BCUT2D eigenvalue weighted by molar-refractivity contribution is -0.385. The van der Waals surface area contributed by atoms with Crippen molar-refractivity contribution in [2.45, 2.75) is 43.5 Å². The fourth-order valence-corrected chi connectivity index (χ4v) is 7.14. The molecule has 9 unspecified atom stereocenters. The van der Waals surface area contributed by atoms with E-state index >= 15 is 0 Å². The Balaban J connectivity index is 2.05. The number of nitrogens with zero attached hydrogens (tertiary/aromatic N) is 3. The van der Waals surface area contributed by atoms with Crippen molar-refractivity contribution in [1.82, 2.24) is 9.55 Å². The third-order valence-electron chi connectivity index (χ3n) is 5.51. The maximum Gasteiger partial charge on any atom is 0.487 e. The molecule has 1 aliphatic rings. The first kappa shape index (κ1) is 32.1. The van der Waals surface area contributed by atoms with Gasteiger partial charge in [0.25, 0.3) is 13.5 Å². The molecule has 1 aromatic carbocycles. The molecule has 0 amide bonds. The number of phosphoric ester groups is 1. The van der Waals surface area contributed by atoms with Crippen molar-refractivity contribution in [3.05, 3.63) is 62.7 Å². The zero-order valence-corrected chi connectivity index (χ0v) is 22.6. The van der Waals surface area contributed by atoms with Crippen LogP contribution in [0.15, 0.2) is 41.3 Å². The number of nitro benzene ring substituents is 1. The topological polar surface area (TPSA) is 316 Å². The number of hydrogen-bond acceptors (Lipinski definition) is 15. The van der Waals surface area contributed by atoms with Gasteiger partial charge in [0, 0.05) is 23.7 Å². The molecule has 9 atom stereocenters. The molecule has 40 heavy (non-hydrogen) atoms. The molecule has 222 valence electrons. The summed E-state index contributed by atoms with van der Waals surface area (Å²) in [7, 11) is -17.9. The normalized spacial score (nSPS) is 27.2. The first-order valence-electron chi connectivity index (χ1n) is 10.7. The van der Waals surface area contributed by atoms with Gasteiger partial charge in [-0.2, -0.15) is 9.29 Å². The van der Waals surface area contributed by atoms with Crippen molar-refractivity contribution >= 4 is 35.0 Å². The monoisotopic (exact) mass is 631 g/mol. The van der Waals surface area contributed by atoms with Gasteiger partial charge in [-0.1, -0.05) is 25.1 Å². The van der Waals surface area contributed by atoms with Crippen molar-refractivity contribution < 1.29 is 66.3 Å². The summed E-state index contributed by atoms with van der Waals surface area (Å²) in [6.07, 6.45) is -8.62. The Labute approximate surface area is 223 Å². The van der Waals surface area contributed by atoms with Gasteiger partial charge >= 0.3 is 21.3 Å². The number of anilines is 1. The smallest absolute Gasteiger partial charge is 0.487 e. The number of nitro groups is 1. The van der Waals surface area contributed by atoms with Crippen LogP contribution in [-0.2, 0) is 31.6 Å². The molecule has 1 saturated heterocycles. The number of hydrogen-bond donors (Lipinski definition) is 6. The van der Waals surface area contributed by atoms with Crippen LogP contribution in [0.3, 0.4) is 0 Å². The summed E-state index contributed by atoms with van der Waals surface area (Å²) >= 11 is 0. The van der Waals surface area contributed by atoms with Crippen LogP contribution in [-0.4, -0.2) is 63.8 Å². The van der Waals surface area contributed by atoms with E-state index < -0.39 is 76.3 Å². The van der Waals surface area contributed by atoms with Gasteiger partial charge in [-0.3, -0.25) is 23.8 Å². The summed E-state index contributed by atoms with van der Waals surface area (Å²) in [5, 5.41) is 33.0. The Morgan fingerprint density at radius 3 is 2.30 bits per heavy atom. The molecule has 20 nitrogen and oxygen atoms in total. The third-order valence-corrected chi connectivity index (χ3v) is 9.32. The van der Waals surface area contributed by atoms with E-state index in [4.69, 9.17) is 19.9 Å². The maximum absolute atomic E-state index is 12.7. The summed E-state index contributed by atoms with van der Waals surface area (Å²) in [4.78, 5) is 65.6. The maximum atomic E-state index is 12.7. The zero-order valence-electron chi connectivity index (χ0n) is 19.9. The molecule has 1 fully saturated rings. The highest BCUT2D eigenvalue weighted by Gasteiger charge is 2.52. The van der Waals surface area contributed by atoms with Crippen molar-refractivity contribution in [1.29, 1.82) is 0 Å². The minimum absolute atomic E-state index is 0.180. The number of aliphatic hydroxyl groups is 2. The molecule has 23 heteroatoms. The van der Waals surface area contributed by atoms with Crippen molar-refractivity contribution in [2.75, 3.05) is 5.73 Å². The van der Waals surface area contributed by atoms with Crippen molar-refractivity contribution in [3.8, 4) is 0 Å². The lowest BCUT2D eigenvalue weighted by Gasteiger charge is -2.32. The zero-order chi connectivity index (χ0) is 30.2. The van der Waals surface area contributed by atoms with Gasteiger partial charge in [-0.05, 0) is 6.07 Å². The average molecular weight is 631 g/mol. The SMILES string of the molecule is CC(c1ccccc1[N+](=O)[O-])C(OP(=O)(O)OP(=O)(O)OP(=O)([O-])O)C1OC(n2ccc(N)nc2=O)C(O)C1O. The van der Waals surface area contributed by atoms with E-state index in [-0.39, 0.29) is 11.4 Å². The summed E-state index contributed by atoms with van der Waals surface area (Å²) in [5.41, 5.74) is 3.68. The molecule has 0 bridgehead atoms. The van der Waals surface area contributed by atoms with Gasteiger partial charge in [0.1, 0.15) is 30.2 Å². The number of phosphoric acid groups is 3. The van der Waals surface area contributed by atoms with E-state index in [1.807, 2.05) is 0 Å². The van der Waals surface area contributed by atoms with Gasteiger partial charge in [-0.15, -0.1) is 0 Å². The second kappa shape index (κ2) is 11.8. The van der Waals surface area contributed by atoms with Gasteiger partial charge in [0.05, 0.1) is 4.92 Å². The van der Waals surface area contributed by atoms with E-state index in [1.165, 1.54) is 25.1 Å². The van der Waals surface area contributed by atoms with Crippen LogP contribution in [0.5, 0.6) is 0 Å². The van der Waals surface area contributed by atoms with Crippen LogP contribution in [0.2, 0.25) is 0 Å². The number of aromatic nitrogens is 2. The number of aliphatic hydroxyl groups excluding tert-OH is 2. The van der Waals surface area contributed by atoms with E-state index in [2.05, 4.69) is 13.6 Å². The quantitative estimate of drug-likeness (QED) is 0.101. The Morgan fingerprint density at radius 2 is 1.73 bits per heavy atom. The van der Waals surface area contributed by atoms with Crippen LogP contribution >= 0.6 is 23.5 Å². The third kappa shape index (κ3) is 7.65. The molecule has 0 saturated carbocycles. The second-order valence-electron chi connectivity index (χ2n) is 8.26. The highest BCUT2D eigenvalue weighted by molar-refractivity contribution is 7.66. The van der Waals surface area contributed by atoms with E-state index in [0.29, 0.717) is 4.57 Å². The number of benzene rings is 1. The van der Waals surface area contributed by atoms with Crippen molar-refractivity contribution in [3.63, 3.8) is 0 Å². The molecular weight excluding hydrogens is 609 g/mol. The first-order valence-corrected chi connectivity index (χ1v) is 15.2. The Morgan fingerprint density at radius 1 is 1.10 bits per heavy atom. The highest BCUT2D eigenvalue weighted by atomic mass is 31.3. The largest absolute Gasteiger partial charge is 0.756 e. The molecule has 0 radical (unpaired) electrons. The predicted octanol–water partition coefficient (Wildman–Crippen LogP) is -0.763. The average Bonchev–Trinajstić information content (AvgIpc) is 3.08. The Hall–Kier alpha value is -2.41. The summed E-state index contributed by atoms with van der Waals surface area (Å²) in [6.45, 7) is 1.19. The van der Waals surface area contributed by atoms with Crippen LogP contribution in [0, 0.1) is 10.1 Å². The first-order chi connectivity index (χ1) is 18.3. The molecule has 0 aliphatic carbocycles. The number of ether oxygens (including phenoxy) is 1. The predicted molar refractivity (Wildman–Crippen MR) is 127 cm³/mol. The van der Waals surface area contributed by atoms with E-state index in [1.54, 1.807) is 0 Å². The lowest BCUT2D eigenvalue weighted by atomic mass is 9.89. The summed E-state index contributed by atoms with van der Waals surface area (Å²) in [6, 6.07) is 6.04. The van der Waals surface area contributed by atoms with Gasteiger partial charge in [0.15, 0.2) is 6.23 Å². The van der Waals surface area contributed by atoms with Crippen LogP contribution < -0.4 is 16.3 Å². The molecule has 1 aliphatic heterocycles. The van der Waals surface area contributed by atoms with E-state index in [0.717, 1.165) is 18.3 Å². The molecule has 2 heterocycles. The van der Waals surface area contributed by atoms with E-state index in [9.17, 15) is 53.5 Å². The minimum atomic E-state index is -6.04. The Kier molecular flexibility index (Phi) is 9.50. The molecular formula is C17H22N4O16P3-. The molecule has 7 N–H and O–H groups in total. The molecule has 1 aromatic heterocycles. The Bertz CT molecular complexity index is 1460. The van der Waals surface area contributed by atoms with Crippen molar-refractivity contribution in [2.24, 2.45) is 0 Å². The second-order valence-corrected chi connectivity index (χ2v) is 12.6. The number of rotatable bonds is 11. The number of nitrogen functional groups attached to an aromatic ring is 1. The molecule has 3 rings (SSSR count). The molecule has 0 spiro atoms. The van der Waals surface area contributed by atoms with Gasteiger partial charge < -0.3 is 40.3 Å². The highest BCUT2D eigenvalue weighted by Crippen LogP contribution is 2.66. The van der Waals surface area contributed by atoms with Crippen LogP contribution in [0.25, 0.3) is 0 Å². The fourth-order valence-electron chi connectivity index (χ4n) is 3.91. The van der Waals surface area contributed by atoms with Crippen LogP contribution in [0.1, 0.15) is 24.6 Å². The van der Waals surface area contributed by atoms with Crippen LogP contribution in [0.4, 0.5) is 11.5 Å². The summed E-state index contributed by atoms with van der Waals surface area (Å²) < 4.78 is 53.8. The number of para-hydroxylation sites is 1. The van der Waals surface area contributed by atoms with Gasteiger partial charge in [-0.25, -0.2) is 18.2 Å². The minimum Gasteiger partial charge on any atom is -0.756 e. The summed E-state index contributed by atoms with van der Waals surface area (Å²) in [5.74, 6) is -1.61. The number of nitrogens with two attached hydrogens (primary N) is 1. The van der Waals surface area contributed by atoms with Gasteiger partial charge in [0.2, 0.25) is 0 Å².